The highest BCUT2D eigenvalue weighted by Crippen LogP contribution is 2.64. The van der Waals surface area contributed by atoms with Gasteiger partial charge in [0.2, 0.25) is 5.91 Å². The highest BCUT2D eigenvalue weighted by atomic mass is 16.1. The molecule has 1 N–H and O–H groups in total. The van der Waals surface area contributed by atoms with Crippen molar-refractivity contribution in [1.82, 2.24) is 10.2 Å². The molecule has 4 aliphatic rings. The SMILES string of the molecule is CCCCCCCN(C)[C@H]1CC[C@H]2C3CC[C@H]4NC(=O)CC[C@]4(C)[C@H]3CC[C@]12C. The normalized spacial score (nSPS) is 44.2. The second kappa shape index (κ2) is 8.52. The van der Waals surface area contributed by atoms with Gasteiger partial charge >= 0.3 is 0 Å². The fourth-order valence-corrected chi connectivity index (χ4v) is 8.52. The van der Waals surface area contributed by atoms with E-state index in [0.29, 0.717) is 22.8 Å². The van der Waals surface area contributed by atoms with Crippen LogP contribution in [0.5, 0.6) is 0 Å². The van der Waals surface area contributed by atoms with Crippen LogP contribution in [0.3, 0.4) is 0 Å². The van der Waals surface area contributed by atoms with Gasteiger partial charge in [-0.1, -0.05) is 46.5 Å². The first kappa shape index (κ1) is 21.7. The zero-order valence-electron chi connectivity index (χ0n) is 19.6. The minimum atomic E-state index is 0.299. The van der Waals surface area contributed by atoms with E-state index in [-0.39, 0.29) is 0 Å². The van der Waals surface area contributed by atoms with Gasteiger partial charge < -0.3 is 10.2 Å². The summed E-state index contributed by atoms with van der Waals surface area (Å²) >= 11 is 0. The number of piperidine rings is 1. The Morgan fingerprint density at radius 1 is 0.931 bits per heavy atom. The lowest BCUT2D eigenvalue weighted by Crippen LogP contribution is -2.61. The largest absolute Gasteiger partial charge is 0.353 e. The first-order chi connectivity index (χ1) is 13.9. The maximum atomic E-state index is 12.0. The second-order valence-electron chi connectivity index (χ2n) is 11.6. The van der Waals surface area contributed by atoms with Crippen LogP contribution in [-0.4, -0.2) is 36.5 Å². The van der Waals surface area contributed by atoms with Crippen molar-refractivity contribution in [2.24, 2.45) is 28.6 Å². The number of nitrogens with zero attached hydrogens (tertiary/aromatic N) is 1. The van der Waals surface area contributed by atoms with Crippen molar-refractivity contribution in [2.45, 2.75) is 116 Å². The molecular formula is C26H46N2O. The topological polar surface area (TPSA) is 32.3 Å². The van der Waals surface area contributed by atoms with Crippen molar-refractivity contribution >= 4 is 5.91 Å². The third-order valence-corrected chi connectivity index (χ3v) is 10.2. The molecule has 1 heterocycles. The molecule has 29 heavy (non-hydrogen) atoms. The van der Waals surface area contributed by atoms with Crippen molar-refractivity contribution in [3.8, 4) is 0 Å². The predicted molar refractivity (Wildman–Crippen MR) is 121 cm³/mol. The van der Waals surface area contributed by atoms with Crippen LogP contribution in [0.2, 0.25) is 0 Å². The third-order valence-electron chi connectivity index (χ3n) is 10.2. The van der Waals surface area contributed by atoms with Gasteiger partial charge in [0.05, 0.1) is 0 Å². The van der Waals surface area contributed by atoms with Gasteiger partial charge in [-0.15, -0.1) is 0 Å². The molecule has 1 unspecified atom stereocenters. The van der Waals surface area contributed by atoms with E-state index in [0.717, 1.165) is 36.6 Å². The molecule has 1 aliphatic heterocycles. The third kappa shape index (κ3) is 3.79. The van der Waals surface area contributed by atoms with Gasteiger partial charge in [-0.2, -0.15) is 0 Å². The molecule has 166 valence electrons. The average Bonchev–Trinajstić information content (AvgIpc) is 3.05. The van der Waals surface area contributed by atoms with Crippen molar-refractivity contribution in [1.29, 1.82) is 0 Å². The van der Waals surface area contributed by atoms with Crippen molar-refractivity contribution in [3.05, 3.63) is 0 Å². The van der Waals surface area contributed by atoms with Crippen LogP contribution >= 0.6 is 0 Å². The molecule has 3 nitrogen and oxygen atoms in total. The molecule has 1 amide bonds. The molecule has 0 aromatic rings. The number of hydrogen-bond donors (Lipinski definition) is 1. The summed E-state index contributed by atoms with van der Waals surface area (Å²) in [6.07, 6.45) is 17.0. The summed E-state index contributed by atoms with van der Waals surface area (Å²) in [5, 5.41) is 3.38. The van der Waals surface area contributed by atoms with Crippen LogP contribution in [0.25, 0.3) is 0 Å². The van der Waals surface area contributed by atoms with Crippen LogP contribution in [0, 0.1) is 28.6 Å². The summed E-state index contributed by atoms with van der Waals surface area (Å²) in [5.41, 5.74) is 0.863. The van der Waals surface area contributed by atoms with Gasteiger partial charge in [-0.3, -0.25) is 4.79 Å². The van der Waals surface area contributed by atoms with Crippen molar-refractivity contribution in [2.75, 3.05) is 13.6 Å². The number of unbranched alkanes of at least 4 members (excludes halogenated alkanes) is 4. The number of hydrogen-bond acceptors (Lipinski definition) is 2. The lowest BCUT2D eigenvalue weighted by atomic mass is 9.47. The summed E-state index contributed by atoms with van der Waals surface area (Å²) in [7, 11) is 2.42. The molecule has 3 aliphatic carbocycles. The molecule has 0 bridgehead atoms. The lowest BCUT2D eigenvalue weighted by molar-refractivity contribution is -0.137. The number of carbonyl (C=O) groups is 1. The number of carbonyl (C=O) groups excluding carboxylic acids is 1. The summed E-state index contributed by atoms with van der Waals surface area (Å²) in [4.78, 5) is 14.8. The summed E-state index contributed by atoms with van der Waals surface area (Å²) in [5.74, 6) is 2.93. The monoisotopic (exact) mass is 402 g/mol. The van der Waals surface area contributed by atoms with Gasteiger partial charge in [0, 0.05) is 18.5 Å². The number of amides is 1. The lowest BCUT2D eigenvalue weighted by Gasteiger charge is -2.60. The second-order valence-corrected chi connectivity index (χ2v) is 11.6. The quantitative estimate of drug-likeness (QED) is 0.548. The average molecular weight is 403 g/mol. The van der Waals surface area contributed by atoms with Crippen LogP contribution in [0.4, 0.5) is 0 Å². The van der Waals surface area contributed by atoms with Gasteiger partial charge in [-0.25, -0.2) is 0 Å². The van der Waals surface area contributed by atoms with E-state index in [9.17, 15) is 4.79 Å². The van der Waals surface area contributed by atoms with E-state index in [1.807, 2.05) is 0 Å². The Kier molecular flexibility index (Phi) is 6.36. The minimum Gasteiger partial charge on any atom is -0.353 e. The number of rotatable bonds is 7. The van der Waals surface area contributed by atoms with Gasteiger partial charge in [0.1, 0.15) is 0 Å². The molecule has 0 radical (unpaired) electrons. The van der Waals surface area contributed by atoms with Gasteiger partial charge in [0.25, 0.3) is 0 Å². The van der Waals surface area contributed by atoms with E-state index in [1.54, 1.807) is 0 Å². The molecule has 1 saturated heterocycles. The summed E-state index contributed by atoms with van der Waals surface area (Å²) in [6.45, 7) is 8.76. The maximum Gasteiger partial charge on any atom is 0.220 e. The molecule has 7 atom stereocenters. The number of nitrogens with one attached hydrogen (secondary N) is 1. The van der Waals surface area contributed by atoms with Crippen LogP contribution in [0.1, 0.15) is 104 Å². The first-order valence-electron chi connectivity index (χ1n) is 12.9. The molecule has 4 rings (SSSR count). The molecular weight excluding hydrogens is 356 g/mol. The van der Waals surface area contributed by atoms with E-state index in [2.05, 4.69) is 38.0 Å². The Bertz CT molecular complexity index is 591. The summed E-state index contributed by atoms with van der Waals surface area (Å²) in [6, 6.07) is 1.23. The van der Waals surface area contributed by atoms with Gasteiger partial charge in [-0.05, 0) is 93.5 Å². The zero-order chi connectivity index (χ0) is 20.6. The Morgan fingerprint density at radius 3 is 2.48 bits per heavy atom. The smallest absolute Gasteiger partial charge is 0.220 e. The minimum absolute atomic E-state index is 0.299. The fourth-order valence-electron chi connectivity index (χ4n) is 8.52. The number of fused-ring (bicyclic) bond motifs is 5. The Hall–Kier alpha value is -0.570. The fraction of sp³-hybridized carbons (Fsp3) is 0.962. The highest BCUT2D eigenvalue weighted by molar-refractivity contribution is 5.77. The standard InChI is InChI=1S/C26H46N2O/c1-5-6-7-8-9-18-28(4)23-13-11-20-19-10-12-22-25(2,17-15-24(29)27-22)21(19)14-16-26(20,23)3/h19-23H,5-18H2,1-4H3,(H,27,29)/t19?,20-,21-,22+,23-,25+,26-/m0/s1. The molecule has 0 spiro atoms. The molecule has 0 aromatic carbocycles. The van der Waals surface area contributed by atoms with E-state index in [4.69, 9.17) is 0 Å². The first-order valence-corrected chi connectivity index (χ1v) is 12.9. The molecule has 3 saturated carbocycles. The van der Waals surface area contributed by atoms with E-state index >= 15 is 0 Å². The Morgan fingerprint density at radius 2 is 1.69 bits per heavy atom. The Balaban J connectivity index is 1.41. The van der Waals surface area contributed by atoms with Crippen LogP contribution < -0.4 is 5.32 Å². The predicted octanol–water partition coefficient (Wildman–Crippen LogP) is 5.78. The van der Waals surface area contributed by atoms with E-state index < -0.39 is 0 Å². The van der Waals surface area contributed by atoms with Crippen LogP contribution in [-0.2, 0) is 4.79 Å². The van der Waals surface area contributed by atoms with Crippen molar-refractivity contribution in [3.63, 3.8) is 0 Å². The summed E-state index contributed by atoms with van der Waals surface area (Å²) < 4.78 is 0. The maximum absolute atomic E-state index is 12.0. The van der Waals surface area contributed by atoms with Crippen molar-refractivity contribution < 1.29 is 4.79 Å². The zero-order valence-corrected chi connectivity index (χ0v) is 19.6. The molecule has 4 fully saturated rings. The molecule has 3 heteroatoms. The Labute approximate surface area is 179 Å². The van der Waals surface area contributed by atoms with E-state index in [1.165, 1.54) is 77.2 Å². The molecule has 0 aromatic heterocycles. The highest BCUT2D eigenvalue weighted by Gasteiger charge is 2.60. The van der Waals surface area contributed by atoms with Gasteiger partial charge in [0.15, 0.2) is 0 Å². The van der Waals surface area contributed by atoms with Crippen LogP contribution in [0.15, 0.2) is 0 Å².